The normalized spacial score (nSPS) is 15.4. The van der Waals surface area contributed by atoms with Crippen molar-refractivity contribution in [2.24, 2.45) is 5.92 Å². The lowest BCUT2D eigenvalue weighted by molar-refractivity contribution is 0.0660. The van der Waals surface area contributed by atoms with Gasteiger partial charge in [-0.2, -0.15) is 0 Å². The summed E-state index contributed by atoms with van der Waals surface area (Å²) in [4.78, 5) is 18.3. The molecule has 1 aliphatic heterocycles. The van der Waals surface area contributed by atoms with Crippen LogP contribution in [0.2, 0.25) is 0 Å². The molecule has 2 heterocycles. The lowest BCUT2D eigenvalue weighted by Gasteiger charge is -2.32. The topological polar surface area (TPSA) is 42.4 Å². The molecule has 1 aliphatic rings. The Balaban J connectivity index is 1.49. The number of rotatable bonds is 4. The van der Waals surface area contributed by atoms with Crippen LogP contribution in [0.4, 0.5) is 0 Å². The van der Waals surface area contributed by atoms with Gasteiger partial charge in [-0.05, 0) is 49.4 Å². The molecule has 23 heavy (non-hydrogen) atoms. The first kappa shape index (κ1) is 15.5. The van der Waals surface area contributed by atoms with Crippen LogP contribution in [0.25, 0.3) is 0 Å². The van der Waals surface area contributed by atoms with Gasteiger partial charge < -0.3 is 9.64 Å². The predicted octanol–water partition coefficient (Wildman–Crippen LogP) is 3.32. The molecule has 1 aromatic heterocycles. The molecule has 0 atom stereocenters. The van der Waals surface area contributed by atoms with Crippen molar-refractivity contribution in [3.8, 4) is 5.75 Å². The smallest absolute Gasteiger partial charge is 0.255 e. The van der Waals surface area contributed by atoms with Crippen LogP contribution in [0.1, 0.15) is 28.8 Å². The van der Waals surface area contributed by atoms with Crippen molar-refractivity contribution in [1.29, 1.82) is 0 Å². The molecule has 0 spiro atoms. The van der Waals surface area contributed by atoms with Gasteiger partial charge in [0.1, 0.15) is 5.75 Å². The van der Waals surface area contributed by atoms with E-state index < -0.39 is 0 Å². The third-order valence-electron chi connectivity index (χ3n) is 4.38. The van der Waals surface area contributed by atoms with Gasteiger partial charge in [0, 0.05) is 25.5 Å². The number of hydrogen-bond donors (Lipinski definition) is 0. The molecule has 0 unspecified atom stereocenters. The summed E-state index contributed by atoms with van der Waals surface area (Å²) in [6, 6.07) is 11.7. The number of nitrogens with zero attached hydrogens (tertiary/aromatic N) is 2. The van der Waals surface area contributed by atoms with E-state index in [2.05, 4.69) is 18.0 Å². The number of hydrogen-bond acceptors (Lipinski definition) is 3. The maximum absolute atomic E-state index is 12.4. The summed E-state index contributed by atoms with van der Waals surface area (Å²) >= 11 is 0. The number of likely N-dealkylation sites (tertiary alicyclic amines) is 1. The van der Waals surface area contributed by atoms with Crippen molar-refractivity contribution in [2.75, 3.05) is 19.7 Å². The van der Waals surface area contributed by atoms with Gasteiger partial charge >= 0.3 is 0 Å². The van der Waals surface area contributed by atoms with Crippen LogP contribution in [-0.2, 0) is 0 Å². The quantitative estimate of drug-likeness (QED) is 0.870. The number of ether oxygens (including phenoxy) is 1. The molecule has 4 nitrogen and oxygen atoms in total. The first-order valence-electron chi connectivity index (χ1n) is 8.12. The van der Waals surface area contributed by atoms with Crippen LogP contribution < -0.4 is 4.74 Å². The van der Waals surface area contributed by atoms with E-state index in [1.807, 2.05) is 29.2 Å². The van der Waals surface area contributed by atoms with Gasteiger partial charge in [-0.1, -0.05) is 18.2 Å². The zero-order valence-corrected chi connectivity index (χ0v) is 13.4. The highest BCUT2D eigenvalue weighted by atomic mass is 16.5. The summed E-state index contributed by atoms with van der Waals surface area (Å²) in [5, 5.41) is 0. The second-order valence-electron chi connectivity index (χ2n) is 6.05. The Bertz CT molecular complexity index is 649. The Morgan fingerprint density at radius 1 is 1.22 bits per heavy atom. The molecule has 2 aromatic rings. The van der Waals surface area contributed by atoms with Crippen LogP contribution >= 0.6 is 0 Å². The molecule has 0 saturated carbocycles. The van der Waals surface area contributed by atoms with E-state index in [1.54, 1.807) is 18.5 Å². The first-order chi connectivity index (χ1) is 11.2. The third kappa shape index (κ3) is 3.89. The zero-order chi connectivity index (χ0) is 16.1. The van der Waals surface area contributed by atoms with Crippen molar-refractivity contribution in [1.82, 2.24) is 9.88 Å². The average Bonchev–Trinajstić information content (AvgIpc) is 2.62. The highest BCUT2D eigenvalue weighted by molar-refractivity contribution is 5.93. The van der Waals surface area contributed by atoms with E-state index in [-0.39, 0.29) is 5.91 Å². The fourth-order valence-corrected chi connectivity index (χ4v) is 2.90. The van der Waals surface area contributed by atoms with Crippen LogP contribution in [0.3, 0.4) is 0 Å². The number of carbonyl (C=O) groups excluding carboxylic acids is 1. The third-order valence-corrected chi connectivity index (χ3v) is 4.38. The first-order valence-corrected chi connectivity index (χ1v) is 8.12. The van der Waals surface area contributed by atoms with Crippen molar-refractivity contribution >= 4 is 5.91 Å². The molecule has 3 rings (SSSR count). The number of aryl methyl sites for hydroxylation is 1. The molecule has 1 saturated heterocycles. The van der Waals surface area contributed by atoms with E-state index in [4.69, 9.17) is 4.74 Å². The largest absolute Gasteiger partial charge is 0.493 e. The fourth-order valence-electron chi connectivity index (χ4n) is 2.90. The number of pyridine rings is 1. The van der Waals surface area contributed by atoms with Gasteiger partial charge in [-0.15, -0.1) is 0 Å². The van der Waals surface area contributed by atoms with E-state index in [9.17, 15) is 4.79 Å². The summed E-state index contributed by atoms with van der Waals surface area (Å²) in [5.41, 5.74) is 1.83. The second kappa shape index (κ2) is 7.27. The Morgan fingerprint density at radius 2 is 2.00 bits per heavy atom. The van der Waals surface area contributed by atoms with Crippen LogP contribution in [0.15, 0.2) is 48.8 Å². The van der Waals surface area contributed by atoms with Crippen LogP contribution in [0.5, 0.6) is 5.75 Å². The minimum absolute atomic E-state index is 0.0800. The van der Waals surface area contributed by atoms with Gasteiger partial charge in [0.05, 0.1) is 12.2 Å². The number of aromatic nitrogens is 1. The molecule has 0 bridgehead atoms. The summed E-state index contributed by atoms with van der Waals surface area (Å²) in [5.74, 6) is 1.55. The molecule has 120 valence electrons. The Kier molecular flexibility index (Phi) is 4.91. The monoisotopic (exact) mass is 310 g/mol. The summed E-state index contributed by atoms with van der Waals surface area (Å²) in [7, 11) is 0. The van der Waals surface area contributed by atoms with Crippen molar-refractivity contribution in [3.05, 3.63) is 59.9 Å². The number of amides is 1. The number of piperidine rings is 1. The van der Waals surface area contributed by atoms with Gasteiger partial charge in [0.15, 0.2) is 0 Å². The van der Waals surface area contributed by atoms with E-state index in [1.165, 1.54) is 0 Å². The standard InChI is InChI=1S/C19H22N2O2/c1-15-5-2-3-7-18(15)23-14-16-8-11-21(12-9-16)19(22)17-6-4-10-20-13-17/h2-7,10,13,16H,8-9,11-12,14H2,1H3. The zero-order valence-electron chi connectivity index (χ0n) is 13.4. The minimum atomic E-state index is 0.0800. The molecule has 1 aromatic carbocycles. The van der Waals surface area contributed by atoms with Crippen LogP contribution in [0, 0.1) is 12.8 Å². The maximum Gasteiger partial charge on any atom is 0.255 e. The summed E-state index contributed by atoms with van der Waals surface area (Å²) in [6.45, 7) is 4.36. The Morgan fingerprint density at radius 3 is 2.70 bits per heavy atom. The lowest BCUT2D eigenvalue weighted by atomic mass is 9.97. The predicted molar refractivity (Wildman–Crippen MR) is 89.5 cm³/mol. The molecule has 0 aliphatic carbocycles. The SMILES string of the molecule is Cc1ccccc1OCC1CCN(C(=O)c2cccnc2)CC1. The molecule has 0 radical (unpaired) electrons. The summed E-state index contributed by atoms with van der Waals surface area (Å²) < 4.78 is 5.94. The molecular weight excluding hydrogens is 288 g/mol. The van der Waals surface area contributed by atoms with Gasteiger partial charge in [-0.25, -0.2) is 0 Å². The van der Waals surface area contributed by atoms with E-state index in [0.717, 1.165) is 43.9 Å². The van der Waals surface area contributed by atoms with E-state index in [0.29, 0.717) is 11.5 Å². The maximum atomic E-state index is 12.4. The van der Waals surface area contributed by atoms with Gasteiger partial charge in [-0.3, -0.25) is 9.78 Å². The van der Waals surface area contributed by atoms with Crippen LogP contribution in [-0.4, -0.2) is 35.5 Å². The Labute approximate surface area is 137 Å². The van der Waals surface area contributed by atoms with Crippen molar-refractivity contribution < 1.29 is 9.53 Å². The number of para-hydroxylation sites is 1. The second-order valence-corrected chi connectivity index (χ2v) is 6.05. The molecule has 0 N–H and O–H groups in total. The Hall–Kier alpha value is -2.36. The van der Waals surface area contributed by atoms with Crippen molar-refractivity contribution in [2.45, 2.75) is 19.8 Å². The lowest BCUT2D eigenvalue weighted by Crippen LogP contribution is -2.39. The number of carbonyl (C=O) groups is 1. The fraction of sp³-hybridized carbons (Fsp3) is 0.368. The summed E-state index contributed by atoms with van der Waals surface area (Å²) in [6.07, 6.45) is 5.29. The molecule has 1 fully saturated rings. The highest BCUT2D eigenvalue weighted by Crippen LogP contribution is 2.22. The molecular formula is C19H22N2O2. The van der Waals surface area contributed by atoms with Gasteiger partial charge in [0.25, 0.3) is 5.91 Å². The number of benzene rings is 1. The molecule has 4 heteroatoms. The van der Waals surface area contributed by atoms with E-state index >= 15 is 0 Å². The molecule has 1 amide bonds. The highest BCUT2D eigenvalue weighted by Gasteiger charge is 2.24. The van der Waals surface area contributed by atoms with Gasteiger partial charge in [0.2, 0.25) is 0 Å². The van der Waals surface area contributed by atoms with Crippen molar-refractivity contribution in [3.63, 3.8) is 0 Å². The average molecular weight is 310 g/mol. The minimum Gasteiger partial charge on any atom is -0.493 e.